The summed E-state index contributed by atoms with van der Waals surface area (Å²) in [4.78, 5) is 26.8. The molecule has 0 bridgehead atoms. The molecule has 0 fully saturated rings. The quantitative estimate of drug-likeness (QED) is 0.400. The van der Waals surface area contributed by atoms with E-state index in [4.69, 9.17) is 9.47 Å². The maximum atomic E-state index is 13.6. The van der Waals surface area contributed by atoms with Gasteiger partial charge in [-0.1, -0.05) is 64.5 Å². The van der Waals surface area contributed by atoms with Crippen LogP contribution in [-0.2, 0) is 19.1 Å². The number of dihydropyridines is 1. The molecular formula is C27H28BrNO4. The van der Waals surface area contributed by atoms with E-state index >= 15 is 0 Å². The van der Waals surface area contributed by atoms with Crippen molar-refractivity contribution in [1.82, 2.24) is 5.32 Å². The van der Waals surface area contributed by atoms with Crippen molar-refractivity contribution in [3.63, 3.8) is 0 Å². The predicted molar refractivity (Wildman–Crippen MR) is 131 cm³/mol. The van der Waals surface area contributed by atoms with E-state index in [1.807, 2.05) is 56.3 Å². The van der Waals surface area contributed by atoms with Crippen LogP contribution in [0.3, 0.4) is 0 Å². The van der Waals surface area contributed by atoms with Crippen LogP contribution in [-0.4, -0.2) is 31.6 Å². The van der Waals surface area contributed by atoms with Crippen molar-refractivity contribution in [2.45, 2.75) is 38.5 Å². The summed E-state index contributed by atoms with van der Waals surface area (Å²) < 4.78 is 11.7. The summed E-state index contributed by atoms with van der Waals surface area (Å²) in [5, 5.41) is 3.39. The van der Waals surface area contributed by atoms with E-state index in [0.717, 1.165) is 33.4 Å². The lowest BCUT2D eigenvalue weighted by Gasteiger charge is -2.37. The van der Waals surface area contributed by atoms with Crippen LogP contribution < -0.4 is 5.32 Å². The van der Waals surface area contributed by atoms with Gasteiger partial charge in [-0.05, 0) is 43.4 Å². The van der Waals surface area contributed by atoms with Gasteiger partial charge in [-0.3, -0.25) is 4.79 Å². The van der Waals surface area contributed by atoms with Gasteiger partial charge in [0.15, 0.2) is 5.78 Å². The summed E-state index contributed by atoms with van der Waals surface area (Å²) in [6.45, 7) is 4.85. The number of carbonyl (C=O) groups is 2. The number of Topliss-reactive ketones (excluding diaryl/α,β-unsaturated/α-hetero) is 1. The van der Waals surface area contributed by atoms with Crippen molar-refractivity contribution in [2.75, 3.05) is 19.8 Å². The van der Waals surface area contributed by atoms with Crippen LogP contribution in [0.2, 0.25) is 0 Å². The average Bonchev–Trinajstić information content (AvgIpc) is 2.81. The van der Waals surface area contributed by atoms with Gasteiger partial charge in [-0.25, -0.2) is 4.79 Å². The van der Waals surface area contributed by atoms with Crippen molar-refractivity contribution in [3.05, 3.63) is 92.7 Å². The lowest BCUT2D eigenvalue weighted by molar-refractivity contribution is -0.140. The SMILES string of the molecule is CCOCCOC(=O)C1=C(C)NC2=C(C(=O)C[C@@H](c3ccccc3)C2)[C@@H]1c1ccccc1Br. The van der Waals surface area contributed by atoms with Crippen molar-refractivity contribution >= 4 is 27.7 Å². The van der Waals surface area contributed by atoms with Crippen molar-refractivity contribution in [2.24, 2.45) is 0 Å². The Morgan fingerprint density at radius 2 is 1.79 bits per heavy atom. The molecule has 172 valence electrons. The van der Waals surface area contributed by atoms with Crippen LogP contribution in [0.25, 0.3) is 0 Å². The molecule has 0 unspecified atom stereocenters. The number of carbonyl (C=O) groups excluding carboxylic acids is 2. The molecule has 0 aromatic heterocycles. The Morgan fingerprint density at radius 1 is 1.06 bits per heavy atom. The summed E-state index contributed by atoms with van der Waals surface area (Å²) in [7, 11) is 0. The maximum Gasteiger partial charge on any atom is 0.336 e. The van der Waals surface area contributed by atoms with Crippen LogP contribution >= 0.6 is 15.9 Å². The number of hydrogen-bond acceptors (Lipinski definition) is 5. The van der Waals surface area contributed by atoms with Crippen molar-refractivity contribution in [1.29, 1.82) is 0 Å². The smallest absolute Gasteiger partial charge is 0.336 e. The summed E-state index contributed by atoms with van der Waals surface area (Å²) >= 11 is 3.64. The number of benzene rings is 2. The van der Waals surface area contributed by atoms with Gasteiger partial charge < -0.3 is 14.8 Å². The number of rotatable bonds is 7. The summed E-state index contributed by atoms with van der Waals surface area (Å²) in [6.07, 6.45) is 1.13. The van der Waals surface area contributed by atoms with E-state index in [0.29, 0.717) is 30.8 Å². The lowest BCUT2D eigenvalue weighted by atomic mass is 9.72. The third kappa shape index (κ3) is 4.97. The molecule has 1 N–H and O–H groups in total. The van der Waals surface area contributed by atoms with Gasteiger partial charge in [-0.15, -0.1) is 0 Å². The first-order valence-corrected chi connectivity index (χ1v) is 12.1. The monoisotopic (exact) mass is 509 g/mol. The summed E-state index contributed by atoms with van der Waals surface area (Å²) in [6, 6.07) is 17.9. The molecular weight excluding hydrogens is 482 g/mol. The Balaban J connectivity index is 1.73. The van der Waals surface area contributed by atoms with E-state index in [1.165, 1.54) is 0 Å². The molecule has 2 aromatic rings. The Kier molecular flexibility index (Phi) is 7.46. The summed E-state index contributed by atoms with van der Waals surface area (Å²) in [5.74, 6) is -0.742. The first-order chi connectivity index (χ1) is 16.0. The van der Waals surface area contributed by atoms with Crippen molar-refractivity contribution < 1.29 is 19.1 Å². The highest BCUT2D eigenvalue weighted by Gasteiger charge is 2.42. The number of hydrogen-bond donors (Lipinski definition) is 1. The second kappa shape index (κ2) is 10.5. The molecule has 0 saturated carbocycles. The minimum atomic E-state index is -0.486. The molecule has 5 nitrogen and oxygen atoms in total. The van der Waals surface area contributed by atoms with Crippen LogP contribution in [0.15, 0.2) is 81.6 Å². The average molecular weight is 510 g/mol. The highest BCUT2D eigenvalue weighted by Crippen LogP contribution is 2.47. The van der Waals surface area contributed by atoms with Gasteiger partial charge in [-0.2, -0.15) is 0 Å². The number of ketones is 1. The first kappa shape index (κ1) is 23.5. The fraction of sp³-hybridized carbons (Fsp3) is 0.333. The van der Waals surface area contributed by atoms with Gasteiger partial charge in [0.1, 0.15) is 6.61 Å². The minimum absolute atomic E-state index is 0.0606. The standard InChI is InChI=1S/C27H28BrNO4/c1-3-32-13-14-33-27(31)24-17(2)29-22-15-19(18-9-5-4-6-10-18)16-23(30)26(22)25(24)20-11-7-8-12-21(20)28/h4-12,19,25,29H,3,13-16H2,1-2H3/t19-,25+/m0/s1. The zero-order valence-electron chi connectivity index (χ0n) is 18.9. The van der Waals surface area contributed by atoms with E-state index in [9.17, 15) is 9.59 Å². The fourth-order valence-electron chi connectivity index (χ4n) is 4.71. The molecule has 1 heterocycles. The largest absolute Gasteiger partial charge is 0.460 e. The predicted octanol–water partition coefficient (Wildman–Crippen LogP) is 5.39. The Labute approximate surface area is 203 Å². The molecule has 0 amide bonds. The Bertz CT molecular complexity index is 1110. The number of ether oxygens (including phenoxy) is 2. The minimum Gasteiger partial charge on any atom is -0.460 e. The zero-order valence-corrected chi connectivity index (χ0v) is 20.5. The third-order valence-electron chi connectivity index (χ3n) is 6.20. The Morgan fingerprint density at radius 3 is 2.52 bits per heavy atom. The molecule has 33 heavy (non-hydrogen) atoms. The van der Waals surface area contributed by atoms with Gasteiger partial charge in [0.25, 0.3) is 0 Å². The maximum absolute atomic E-state index is 13.6. The number of halogens is 1. The number of allylic oxidation sites excluding steroid dienone is 3. The van der Waals surface area contributed by atoms with E-state index < -0.39 is 11.9 Å². The van der Waals surface area contributed by atoms with Crippen LogP contribution in [0.4, 0.5) is 0 Å². The molecule has 2 aromatic carbocycles. The second-order valence-corrected chi connectivity index (χ2v) is 9.14. The highest BCUT2D eigenvalue weighted by molar-refractivity contribution is 9.10. The third-order valence-corrected chi connectivity index (χ3v) is 6.92. The fourth-order valence-corrected chi connectivity index (χ4v) is 5.22. The molecule has 1 aliphatic carbocycles. The molecule has 0 spiro atoms. The molecule has 0 saturated heterocycles. The van der Waals surface area contributed by atoms with Crippen LogP contribution in [0.1, 0.15) is 49.7 Å². The molecule has 1 aliphatic heterocycles. The second-order valence-electron chi connectivity index (χ2n) is 8.28. The van der Waals surface area contributed by atoms with Crippen molar-refractivity contribution in [3.8, 4) is 0 Å². The van der Waals surface area contributed by atoms with Gasteiger partial charge in [0.05, 0.1) is 12.2 Å². The zero-order chi connectivity index (χ0) is 23.4. The number of nitrogens with one attached hydrogen (secondary N) is 1. The van der Waals surface area contributed by atoms with Crippen LogP contribution in [0.5, 0.6) is 0 Å². The molecule has 4 rings (SSSR count). The highest BCUT2D eigenvalue weighted by atomic mass is 79.9. The topological polar surface area (TPSA) is 64.6 Å². The lowest BCUT2D eigenvalue weighted by Crippen LogP contribution is -2.36. The van der Waals surface area contributed by atoms with Gasteiger partial charge in [0.2, 0.25) is 0 Å². The Hall–Kier alpha value is -2.70. The molecule has 2 atom stereocenters. The first-order valence-electron chi connectivity index (χ1n) is 11.3. The van der Waals surface area contributed by atoms with E-state index in [2.05, 4.69) is 33.4 Å². The van der Waals surface area contributed by atoms with Gasteiger partial charge >= 0.3 is 5.97 Å². The molecule has 6 heteroatoms. The normalized spacial score (nSPS) is 20.4. The number of esters is 1. The molecule has 2 aliphatic rings. The molecule has 0 radical (unpaired) electrons. The summed E-state index contributed by atoms with van der Waals surface area (Å²) in [5.41, 5.74) is 4.79. The van der Waals surface area contributed by atoms with Crippen LogP contribution in [0, 0.1) is 0 Å². The van der Waals surface area contributed by atoms with Gasteiger partial charge in [0, 0.05) is 40.4 Å². The van der Waals surface area contributed by atoms with E-state index in [-0.39, 0.29) is 18.3 Å². The van der Waals surface area contributed by atoms with E-state index in [1.54, 1.807) is 0 Å².